The summed E-state index contributed by atoms with van der Waals surface area (Å²) < 4.78 is 0. The van der Waals surface area contributed by atoms with Crippen molar-refractivity contribution in [1.29, 1.82) is 0 Å². The number of amides is 1. The van der Waals surface area contributed by atoms with Gasteiger partial charge in [-0.1, -0.05) is 71.1 Å². The molecule has 4 nitrogen and oxygen atoms in total. The Kier molecular flexibility index (Phi) is 12.6. The topological polar surface area (TPSA) is 66.4 Å². The van der Waals surface area contributed by atoms with E-state index in [1.807, 2.05) is 0 Å². The van der Waals surface area contributed by atoms with Crippen molar-refractivity contribution in [2.75, 3.05) is 6.54 Å². The first-order valence-corrected chi connectivity index (χ1v) is 7.69. The van der Waals surface area contributed by atoms with E-state index < -0.39 is 11.9 Å². The number of rotatable bonds is 12. The summed E-state index contributed by atoms with van der Waals surface area (Å²) in [5.74, 6) is -2.30. The van der Waals surface area contributed by atoms with Crippen molar-refractivity contribution < 1.29 is 14.7 Å². The standard InChI is InChI=1S/C15H29NO3/c1-2-3-4-5-6-7-8-9-10-11-12-13-16-14(17)15(18)19/h2-13H2,1H3,(H,16,17)(H,18,19). The molecule has 112 valence electrons. The Labute approximate surface area is 117 Å². The van der Waals surface area contributed by atoms with Gasteiger partial charge in [-0.25, -0.2) is 4.79 Å². The van der Waals surface area contributed by atoms with E-state index in [0.29, 0.717) is 6.54 Å². The molecule has 2 N–H and O–H groups in total. The number of nitrogens with one attached hydrogen (secondary N) is 1. The van der Waals surface area contributed by atoms with Crippen LogP contribution in [0.3, 0.4) is 0 Å². The minimum Gasteiger partial charge on any atom is -0.474 e. The van der Waals surface area contributed by atoms with Crippen LogP contribution in [0.5, 0.6) is 0 Å². The molecule has 0 radical (unpaired) electrons. The number of unbranched alkanes of at least 4 members (excludes halogenated alkanes) is 10. The first-order valence-electron chi connectivity index (χ1n) is 7.69. The molecule has 0 aromatic rings. The van der Waals surface area contributed by atoms with E-state index in [0.717, 1.165) is 12.8 Å². The second-order valence-electron chi connectivity index (χ2n) is 5.10. The molecule has 0 aliphatic heterocycles. The molecule has 0 saturated carbocycles. The fourth-order valence-electron chi connectivity index (χ4n) is 2.07. The lowest BCUT2D eigenvalue weighted by atomic mass is 10.1. The van der Waals surface area contributed by atoms with Gasteiger partial charge in [0.05, 0.1) is 0 Å². The van der Waals surface area contributed by atoms with Gasteiger partial charge in [0.2, 0.25) is 0 Å². The third-order valence-corrected chi connectivity index (χ3v) is 3.26. The zero-order valence-electron chi connectivity index (χ0n) is 12.2. The maximum atomic E-state index is 10.7. The average Bonchev–Trinajstić information content (AvgIpc) is 2.39. The predicted molar refractivity (Wildman–Crippen MR) is 77.1 cm³/mol. The number of carboxylic acids is 1. The molecular weight excluding hydrogens is 242 g/mol. The summed E-state index contributed by atoms with van der Waals surface area (Å²) >= 11 is 0. The van der Waals surface area contributed by atoms with Crippen LogP contribution in [0.1, 0.15) is 77.6 Å². The van der Waals surface area contributed by atoms with Crippen molar-refractivity contribution in [2.45, 2.75) is 77.6 Å². The number of hydrogen-bond acceptors (Lipinski definition) is 2. The van der Waals surface area contributed by atoms with Gasteiger partial charge in [-0.15, -0.1) is 0 Å². The summed E-state index contributed by atoms with van der Waals surface area (Å²) in [6.45, 7) is 2.71. The van der Waals surface area contributed by atoms with Crippen LogP contribution in [0, 0.1) is 0 Å². The average molecular weight is 271 g/mol. The van der Waals surface area contributed by atoms with E-state index in [4.69, 9.17) is 5.11 Å². The lowest BCUT2D eigenvalue weighted by Crippen LogP contribution is -2.31. The molecule has 0 bridgehead atoms. The molecular formula is C15H29NO3. The summed E-state index contributed by atoms with van der Waals surface area (Å²) in [5.41, 5.74) is 0. The molecule has 0 spiro atoms. The van der Waals surface area contributed by atoms with Crippen LogP contribution in [-0.2, 0) is 9.59 Å². The highest BCUT2D eigenvalue weighted by Gasteiger charge is 2.08. The number of carbonyl (C=O) groups is 2. The molecule has 0 aromatic heterocycles. The third-order valence-electron chi connectivity index (χ3n) is 3.26. The Balaban J connectivity index is 3.07. The third kappa shape index (κ3) is 13.2. The highest BCUT2D eigenvalue weighted by molar-refractivity contribution is 6.31. The van der Waals surface area contributed by atoms with Crippen LogP contribution in [0.15, 0.2) is 0 Å². The van der Waals surface area contributed by atoms with Crippen molar-refractivity contribution in [3.63, 3.8) is 0 Å². The Morgan fingerprint density at radius 2 is 1.21 bits per heavy atom. The Morgan fingerprint density at radius 3 is 1.63 bits per heavy atom. The molecule has 0 fully saturated rings. The van der Waals surface area contributed by atoms with Crippen molar-refractivity contribution >= 4 is 11.9 Å². The van der Waals surface area contributed by atoms with E-state index in [-0.39, 0.29) is 0 Å². The number of hydrogen-bond donors (Lipinski definition) is 2. The maximum Gasteiger partial charge on any atom is 0.394 e. The first-order chi connectivity index (χ1) is 9.18. The van der Waals surface area contributed by atoms with Gasteiger partial charge >= 0.3 is 11.9 Å². The van der Waals surface area contributed by atoms with Crippen molar-refractivity contribution in [3.05, 3.63) is 0 Å². The van der Waals surface area contributed by atoms with E-state index >= 15 is 0 Å². The second-order valence-corrected chi connectivity index (χ2v) is 5.10. The monoisotopic (exact) mass is 271 g/mol. The van der Waals surface area contributed by atoms with Crippen LogP contribution in [0.2, 0.25) is 0 Å². The molecule has 0 aliphatic rings. The van der Waals surface area contributed by atoms with E-state index in [1.165, 1.54) is 57.8 Å². The van der Waals surface area contributed by atoms with Crippen LogP contribution < -0.4 is 5.32 Å². The molecule has 0 atom stereocenters. The lowest BCUT2D eigenvalue weighted by Gasteiger charge is -2.03. The molecule has 1 amide bonds. The zero-order chi connectivity index (χ0) is 14.3. The zero-order valence-corrected chi connectivity index (χ0v) is 12.2. The van der Waals surface area contributed by atoms with Gasteiger partial charge in [0.15, 0.2) is 0 Å². The molecule has 0 saturated heterocycles. The summed E-state index contributed by atoms with van der Waals surface area (Å²) in [6.07, 6.45) is 13.8. The first kappa shape index (κ1) is 17.9. The summed E-state index contributed by atoms with van der Waals surface area (Å²) in [7, 11) is 0. The van der Waals surface area contributed by atoms with Gasteiger partial charge in [0.1, 0.15) is 0 Å². The van der Waals surface area contributed by atoms with Crippen molar-refractivity contribution in [2.24, 2.45) is 0 Å². The van der Waals surface area contributed by atoms with Gasteiger partial charge in [-0.05, 0) is 6.42 Å². The number of aliphatic carboxylic acids is 1. The van der Waals surface area contributed by atoms with E-state index in [1.54, 1.807) is 0 Å². The molecule has 0 unspecified atom stereocenters. The minimum atomic E-state index is -1.40. The fourth-order valence-corrected chi connectivity index (χ4v) is 2.07. The predicted octanol–water partition coefficient (Wildman–Crippen LogP) is 3.50. The smallest absolute Gasteiger partial charge is 0.394 e. The largest absolute Gasteiger partial charge is 0.474 e. The quantitative estimate of drug-likeness (QED) is 0.422. The van der Waals surface area contributed by atoms with Crippen LogP contribution in [0.4, 0.5) is 0 Å². The van der Waals surface area contributed by atoms with Gasteiger partial charge in [0.25, 0.3) is 0 Å². The minimum absolute atomic E-state index is 0.474. The molecule has 0 heterocycles. The highest BCUT2D eigenvalue weighted by Crippen LogP contribution is 2.10. The van der Waals surface area contributed by atoms with Gasteiger partial charge in [-0.3, -0.25) is 4.79 Å². The Hall–Kier alpha value is -1.06. The highest BCUT2D eigenvalue weighted by atomic mass is 16.4. The van der Waals surface area contributed by atoms with Gasteiger partial charge in [-0.2, -0.15) is 0 Å². The van der Waals surface area contributed by atoms with Crippen LogP contribution in [0.25, 0.3) is 0 Å². The van der Waals surface area contributed by atoms with Crippen LogP contribution in [-0.4, -0.2) is 23.5 Å². The van der Waals surface area contributed by atoms with E-state index in [9.17, 15) is 9.59 Å². The summed E-state index contributed by atoms with van der Waals surface area (Å²) in [4.78, 5) is 20.9. The van der Waals surface area contributed by atoms with Crippen molar-refractivity contribution in [3.8, 4) is 0 Å². The number of carbonyl (C=O) groups excluding carboxylic acids is 1. The van der Waals surface area contributed by atoms with Crippen LogP contribution >= 0.6 is 0 Å². The molecule has 19 heavy (non-hydrogen) atoms. The molecule has 4 heteroatoms. The maximum absolute atomic E-state index is 10.7. The second kappa shape index (κ2) is 13.4. The van der Waals surface area contributed by atoms with Crippen molar-refractivity contribution in [1.82, 2.24) is 5.32 Å². The lowest BCUT2D eigenvalue weighted by molar-refractivity contribution is -0.150. The molecule has 0 aliphatic carbocycles. The summed E-state index contributed by atoms with van der Waals surface area (Å²) in [6, 6.07) is 0. The van der Waals surface area contributed by atoms with E-state index in [2.05, 4.69) is 12.2 Å². The van der Waals surface area contributed by atoms with Gasteiger partial charge < -0.3 is 10.4 Å². The number of carboxylic acid groups (broad SMARTS) is 1. The SMILES string of the molecule is CCCCCCCCCCCCCNC(=O)C(=O)O. The summed E-state index contributed by atoms with van der Waals surface area (Å²) in [5, 5.41) is 10.7. The Morgan fingerprint density at radius 1 is 0.789 bits per heavy atom. The Bertz CT molecular complexity index is 242. The normalized spacial score (nSPS) is 10.4. The van der Waals surface area contributed by atoms with Gasteiger partial charge in [0, 0.05) is 6.54 Å². The molecule has 0 aromatic carbocycles. The fraction of sp³-hybridized carbons (Fsp3) is 0.867. The molecule has 0 rings (SSSR count).